The second-order valence-electron chi connectivity index (χ2n) is 5.02. The highest BCUT2D eigenvalue weighted by Crippen LogP contribution is 2.28. The predicted octanol–water partition coefficient (Wildman–Crippen LogP) is 1.76. The van der Waals surface area contributed by atoms with Crippen LogP contribution in [-0.4, -0.2) is 36.9 Å². The Kier molecular flexibility index (Phi) is 3.11. The lowest BCUT2D eigenvalue weighted by molar-refractivity contribution is -0.123. The molecule has 18 heavy (non-hydrogen) atoms. The van der Waals surface area contributed by atoms with E-state index in [1.165, 1.54) is 0 Å². The molecule has 1 aliphatic heterocycles. The highest BCUT2D eigenvalue weighted by molar-refractivity contribution is 6.10. The van der Waals surface area contributed by atoms with Gasteiger partial charge in [-0.1, -0.05) is 26.0 Å². The number of hydrogen-bond donors (Lipinski definition) is 0. The second kappa shape index (κ2) is 4.44. The van der Waals surface area contributed by atoms with Crippen molar-refractivity contribution in [2.45, 2.75) is 19.9 Å². The summed E-state index contributed by atoms with van der Waals surface area (Å²) in [5.74, 6) is -0.0454. The van der Waals surface area contributed by atoms with Crippen molar-refractivity contribution in [3.05, 3.63) is 29.8 Å². The van der Waals surface area contributed by atoms with Crippen molar-refractivity contribution in [3.8, 4) is 0 Å². The van der Waals surface area contributed by atoms with Gasteiger partial charge in [0.15, 0.2) is 0 Å². The zero-order valence-electron chi connectivity index (χ0n) is 11.2. The van der Waals surface area contributed by atoms with Gasteiger partial charge in [0.05, 0.1) is 11.3 Å². The Hall–Kier alpha value is -1.84. The molecule has 0 saturated heterocycles. The molecule has 2 amide bonds. The summed E-state index contributed by atoms with van der Waals surface area (Å²) in [5.41, 5.74) is 1.27. The molecule has 0 bridgehead atoms. The van der Waals surface area contributed by atoms with E-state index in [4.69, 9.17) is 0 Å². The second-order valence-corrected chi connectivity index (χ2v) is 5.02. The first-order valence-electron chi connectivity index (χ1n) is 6.09. The van der Waals surface area contributed by atoms with Crippen molar-refractivity contribution in [2.75, 3.05) is 19.0 Å². The van der Waals surface area contributed by atoms with Gasteiger partial charge in [-0.3, -0.25) is 9.59 Å². The number of carbonyl (C=O) groups is 2. The van der Waals surface area contributed by atoms with Gasteiger partial charge in [-0.15, -0.1) is 0 Å². The van der Waals surface area contributed by atoms with Gasteiger partial charge in [-0.25, -0.2) is 0 Å². The minimum Gasteiger partial charge on any atom is -0.329 e. The fourth-order valence-corrected chi connectivity index (χ4v) is 2.48. The maximum atomic E-state index is 12.4. The lowest BCUT2D eigenvalue weighted by Gasteiger charge is -2.29. The highest BCUT2D eigenvalue weighted by Gasteiger charge is 2.37. The smallest absolute Gasteiger partial charge is 0.256 e. The van der Waals surface area contributed by atoms with E-state index in [0.29, 0.717) is 11.3 Å². The van der Waals surface area contributed by atoms with Crippen LogP contribution in [0.2, 0.25) is 0 Å². The minimum atomic E-state index is -0.408. The summed E-state index contributed by atoms with van der Waals surface area (Å²) in [6.45, 7) is 3.91. The van der Waals surface area contributed by atoms with Crippen LogP contribution in [0.4, 0.5) is 5.69 Å². The van der Waals surface area contributed by atoms with Gasteiger partial charge in [0.1, 0.15) is 6.04 Å². The molecule has 0 aromatic heterocycles. The number of rotatable bonds is 1. The average molecular weight is 246 g/mol. The number of benzene rings is 1. The normalized spacial score (nSPS) is 20.2. The number of nitrogens with zero attached hydrogens (tertiary/aromatic N) is 2. The predicted molar refractivity (Wildman–Crippen MR) is 70.6 cm³/mol. The summed E-state index contributed by atoms with van der Waals surface area (Å²) in [6.07, 6.45) is 0. The Morgan fingerprint density at radius 1 is 1.11 bits per heavy atom. The van der Waals surface area contributed by atoms with E-state index in [-0.39, 0.29) is 17.7 Å². The number of anilines is 1. The van der Waals surface area contributed by atoms with Crippen molar-refractivity contribution in [1.82, 2.24) is 4.90 Å². The summed E-state index contributed by atoms with van der Waals surface area (Å²) < 4.78 is 0. The van der Waals surface area contributed by atoms with Crippen LogP contribution < -0.4 is 4.90 Å². The molecule has 1 aliphatic rings. The molecule has 1 heterocycles. The Bertz CT molecular complexity index is 496. The molecule has 1 aromatic rings. The summed E-state index contributed by atoms with van der Waals surface area (Å²) in [6, 6.07) is 6.82. The van der Waals surface area contributed by atoms with E-state index < -0.39 is 6.04 Å². The summed E-state index contributed by atoms with van der Waals surface area (Å²) in [7, 11) is 3.42. The lowest BCUT2D eigenvalue weighted by Crippen LogP contribution is -2.48. The molecule has 4 nitrogen and oxygen atoms in total. The van der Waals surface area contributed by atoms with E-state index in [1.807, 2.05) is 32.0 Å². The van der Waals surface area contributed by atoms with Crippen LogP contribution in [0.25, 0.3) is 0 Å². The minimum absolute atomic E-state index is 0.0363. The third-order valence-electron chi connectivity index (χ3n) is 3.45. The van der Waals surface area contributed by atoms with E-state index in [9.17, 15) is 9.59 Å². The summed E-state index contributed by atoms with van der Waals surface area (Å²) in [5, 5.41) is 0. The quantitative estimate of drug-likeness (QED) is 0.757. The number of carbonyl (C=O) groups excluding carboxylic acids is 2. The molecule has 4 heteroatoms. The molecular weight excluding hydrogens is 228 g/mol. The molecule has 1 atom stereocenters. The Morgan fingerprint density at radius 2 is 1.72 bits per heavy atom. The van der Waals surface area contributed by atoms with Gasteiger partial charge < -0.3 is 9.80 Å². The Morgan fingerprint density at radius 3 is 2.33 bits per heavy atom. The molecule has 0 fully saturated rings. The fourth-order valence-electron chi connectivity index (χ4n) is 2.48. The van der Waals surface area contributed by atoms with Gasteiger partial charge in [-0.05, 0) is 18.1 Å². The molecule has 0 unspecified atom stereocenters. The average Bonchev–Trinajstić information content (AvgIpc) is 2.41. The maximum absolute atomic E-state index is 12.4. The number of para-hydroxylation sites is 1. The third kappa shape index (κ3) is 1.78. The zero-order valence-corrected chi connectivity index (χ0v) is 11.2. The molecule has 1 aromatic carbocycles. The zero-order chi connectivity index (χ0) is 13.4. The van der Waals surface area contributed by atoms with Crippen molar-refractivity contribution < 1.29 is 9.59 Å². The van der Waals surface area contributed by atoms with Gasteiger partial charge >= 0.3 is 0 Å². The standard InChI is InChI=1S/C14H18N2O2/c1-9(2)12-14(18)15(3)11-8-6-5-7-10(11)13(17)16(12)4/h5-9,12H,1-4H3/t12-/m0/s1. The van der Waals surface area contributed by atoms with E-state index in [0.717, 1.165) is 0 Å². The van der Waals surface area contributed by atoms with Crippen LogP contribution in [-0.2, 0) is 4.79 Å². The highest BCUT2D eigenvalue weighted by atomic mass is 16.2. The van der Waals surface area contributed by atoms with Gasteiger partial charge in [0.2, 0.25) is 5.91 Å². The van der Waals surface area contributed by atoms with Crippen molar-refractivity contribution in [2.24, 2.45) is 5.92 Å². The maximum Gasteiger partial charge on any atom is 0.256 e. The number of fused-ring (bicyclic) bond motifs is 1. The first-order chi connectivity index (χ1) is 8.45. The Labute approximate surface area is 107 Å². The van der Waals surface area contributed by atoms with Gasteiger partial charge in [0.25, 0.3) is 5.91 Å². The van der Waals surface area contributed by atoms with Crippen LogP contribution in [0, 0.1) is 5.92 Å². The van der Waals surface area contributed by atoms with E-state index in [1.54, 1.807) is 30.0 Å². The van der Waals surface area contributed by atoms with Crippen molar-refractivity contribution in [3.63, 3.8) is 0 Å². The van der Waals surface area contributed by atoms with Crippen LogP contribution in [0.5, 0.6) is 0 Å². The topological polar surface area (TPSA) is 40.6 Å². The molecule has 0 aliphatic carbocycles. The first-order valence-corrected chi connectivity index (χ1v) is 6.09. The molecule has 0 N–H and O–H groups in total. The van der Waals surface area contributed by atoms with Crippen LogP contribution in [0.1, 0.15) is 24.2 Å². The third-order valence-corrected chi connectivity index (χ3v) is 3.45. The molecule has 0 spiro atoms. The SMILES string of the molecule is CC(C)[C@H]1C(=O)N(C)c2ccccc2C(=O)N1C. The summed E-state index contributed by atoms with van der Waals surface area (Å²) in [4.78, 5) is 28.0. The lowest BCUT2D eigenvalue weighted by atomic mass is 10.0. The molecule has 0 saturated carbocycles. The monoisotopic (exact) mass is 246 g/mol. The van der Waals surface area contributed by atoms with E-state index in [2.05, 4.69) is 0 Å². The number of hydrogen-bond acceptors (Lipinski definition) is 2. The summed E-state index contributed by atoms with van der Waals surface area (Å²) >= 11 is 0. The number of likely N-dealkylation sites (N-methyl/N-ethyl adjacent to an activating group) is 2. The van der Waals surface area contributed by atoms with Crippen LogP contribution >= 0.6 is 0 Å². The molecule has 2 rings (SSSR count). The molecular formula is C14H18N2O2. The van der Waals surface area contributed by atoms with Crippen LogP contribution in [0.15, 0.2) is 24.3 Å². The molecule has 0 radical (unpaired) electrons. The first kappa shape index (κ1) is 12.6. The molecule has 96 valence electrons. The van der Waals surface area contributed by atoms with Gasteiger partial charge in [-0.2, -0.15) is 0 Å². The fraction of sp³-hybridized carbons (Fsp3) is 0.429. The largest absolute Gasteiger partial charge is 0.329 e. The van der Waals surface area contributed by atoms with Crippen molar-refractivity contribution in [1.29, 1.82) is 0 Å². The number of amides is 2. The van der Waals surface area contributed by atoms with Gasteiger partial charge in [0, 0.05) is 14.1 Å². The Balaban J connectivity index is 2.58. The van der Waals surface area contributed by atoms with E-state index >= 15 is 0 Å². The van der Waals surface area contributed by atoms with Crippen molar-refractivity contribution >= 4 is 17.5 Å². The van der Waals surface area contributed by atoms with Crippen LogP contribution in [0.3, 0.4) is 0 Å².